The molecule has 11 nitrogen and oxygen atoms in total. The molecule has 1 aromatic carbocycles. The second-order valence-corrected chi connectivity index (χ2v) is 9.48. The molecule has 2 amide bonds. The smallest absolute Gasteiger partial charge is 0.366 e. The summed E-state index contributed by atoms with van der Waals surface area (Å²) >= 11 is 0. The van der Waals surface area contributed by atoms with Crippen molar-refractivity contribution in [3.05, 3.63) is 60.2 Å². The second-order valence-electron chi connectivity index (χ2n) is 9.48. The van der Waals surface area contributed by atoms with Crippen molar-refractivity contribution in [3.63, 3.8) is 0 Å². The Kier molecular flexibility index (Phi) is 10.8. The van der Waals surface area contributed by atoms with Crippen molar-refractivity contribution in [3.8, 4) is 0 Å². The number of nitrogens with zero attached hydrogens (tertiary/aromatic N) is 2. The summed E-state index contributed by atoms with van der Waals surface area (Å²) in [4.78, 5) is 58.7. The summed E-state index contributed by atoms with van der Waals surface area (Å²) < 4.78 is 15.6. The molecule has 12 heteroatoms. The molecule has 0 radical (unpaired) electrons. The molecule has 38 heavy (non-hydrogen) atoms. The second kappa shape index (κ2) is 14.2. The third kappa shape index (κ3) is 8.37. The Hall–Kier alpha value is -3.80. The number of carbonyl (C=O) groups is 4. The molecule has 4 atom stereocenters. The van der Waals surface area contributed by atoms with Crippen molar-refractivity contribution >= 4 is 31.2 Å². The number of ether oxygens (including phenoxy) is 2. The maximum Gasteiger partial charge on any atom is 0.366 e. The third-order valence-electron chi connectivity index (χ3n) is 6.06. The van der Waals surface area contributed by atoms with Crippen molar-refractivity contribution in [1.29, 1.82) is 0 Å². The van der Waals surface area contributed by atoms with Crippen LogP contribution in [0.15, 0.2) is 48.9 Å². The number of hydrogen-bond donors (Lipinski definition) is 2. The van der Waals surface area contributed by atoms with Gasteiger partial charge in [-0.3, -0.25) is 24.2 Å². The minimum Gasteiger partial charge on any atom is -0.536 e. The summed E-state index contributed by atoms with van der Waals surface area (Å²) in [5.41, 5.74) is 0.939. The summed E-state index contributed by atoms with van der Waals surface area (Å²) in [6, 6.07) is 8.37. The normalized spacial score (nSPS) is 18.2. The first-order chi connectivity index (χ1) is 18.3. The Morgan fingerprint density at radius 3 is 2.53 bits per heavy atom. The van der Waals surface area contributed by atoms with Crippen LogP contribution in [-0.2, 0) is 34.9 Å². The molecule has 2 N–H and O–H groups in total. The van der Waals surface area contributed by atoms with Gasteiger partial charge in [-0.15, -0.1) is 0 Å². The fourth-order valence-electron chi connectivity index (χ4n) is 4.23. The Balaban J connectivity index is 1.69. The van der Waals surface area contributed by atoms with Crippen molar-refractivity contribution in [2.24, 2.45) is 11.8 Å². The largest absolute Gasteiger partial charge is 0.536 e. The van der Waals surface area contributed by atoms with Gasteiger partial charge in [-0.25, -0.2) is 4.98 Å². The monoisotopic (exact) mass is 524 g/mol. The number of nitrogens with one attached hydrogen (secondary N) is 2. The standard InChI is InChI=1S/C26H33BN4O7/c1-16(2)13-21(27-38-26(35)22-18(9-12-37-22)25(34)36-3)31-23(32)19(14-17-7-5-4-6-8-17)30-24(33)20-15-28-10-11-29-20/h4-8,10-11,15-16,18-19,21-22,27H,9,12-14H2,1-3H3,(H,30,33)(H,31,32)/t18-,19+,21+,22-/m1/s1. The van der Waals surface area contributed by atoms with Crippen LogP contribution in [0, 0.1) is 11.8 Å². The molecule has 1 aliphatic heterocycles. The number of methoxy groups -OCH3 is 1. The SMILES string of the molecule is COC(=O)[C@@H]1CCO[C@H]1C(=O)OB[C@H](CC(C)C)NC(=O)[C@H](Cc1ccccc1)NC(=O)c1cnccn1. The van der Waals surface area contributed by atoms with Crippen LogP contribution in [0.1, 0.15) is 42.7 Å². The molecule has 3 rings (SSSR count). The molecule has 0 unspecified atom stereocenters. The van der Waals surface area contributed by atoms with E-state index in [0.29, 0.717) is 12.8 Å². The van der Waals surface area contributed by atoms with Crippen LogP contribution in [0.25, 0.3) is 0 Å². The highest BCUT2D eigenvalue weighted by molar-refractivity contribution is 6.33. The average molecular weight is 524 g/mol. The predicted octanol–water partition coefficient (Wildman–Crippen LogP) is 0.779. The lowest BCUT2D eigenvalue weighted by atomic mass is 9.81. The van der Waals surface area contributed by atoms with E-state index in [2.05, 4.69) is 20.6 Å². The summed E-state index contributed by atoms with van der Waals surface area (Å²) in [5.74, 6) is -3.26. The van der Waals surface area contributed by atoms with Crippen LogP contribution in [0.4, 0.5) is 0 Å². The van der Waals surface area contributed by atoms with Gasteiger partial charge in [0, 0.05) is 31.4 Å². The van der Waals surface area contributed by atoms with Crippen molar-refractivity contribution < 1.29 is 33.3 Å². The van der Waals surface area contributed by atoms with Gasteiger partial charge in [-0.2, -0.15) is 0 Å². The molecule has 1 aliphatic rings. The van der Waals surface area contributed by atoms with Crippen LogP contribution < -0.4 is 10.6 Å². The summed E-state index contributed by atoms with van der Waals surface area (Å²) in [5, 5.41) is 5.66. The van der Waals surface area contributed by atoms with Gasteiger partial charge >= 0.3 is 19.4 Å². The molecule has 2 heterocycles. The van der Waals surface area contributed by atoms with Crippen molar-refractivity contribution in [2.75, 3.05) is 13.7 Å². The maximum atomic E-state index is 13.4. The van der Waals surface area contributed by atoms with Crippen LogP contribution >= 0.6 is 0 Å². The number of benzene rings is 1. The van der Waals surface area contributed by atoms with Gasteiger partial charge in [0.15, 0.2) is 6.10 Å². The number of rotatable bonds is 12. The number of esters is 1. The predicted molar refractivity (Wildman–Crippen MR) is 138 cm³/mol. The van der Waals surface area contributed by atoms with E-state index in [4.69, 9.17) is 14.1 Å². The summed E-state index contributed by atoms with van der Waals surface area (Å²) in [7, 11) is 1.14. The summed E-state index contributed by atoms with van der Waals surface area (Å²) in [6.07, 6.45) is 4.24. The van der Waals surface area contributed by atoms with Gasteiger partial charge in [0.2, 0.25) is 5.91 Å². The maximum absolute atomic E-state index is 13.4. The van der Waals surface area contributed by atoms with E-state index in [0.717, 1.165) is 5.56 Å². The highest BCUT2D eigenvalue weighted by Crippen LogP contribution is 2.23. The minimum absolute atomic E-state index is 0.0859. The van der Waals surface area contributed by atoms with E-state index >= 15 is 0 Å². The molecule has 202 valence electrons. The first kappa shape index (κ1) is 28.8. The molecule has 1 saturated heterocycles. The molecule has 1 fully saturated rings. The molecule has 0 saturated carbocycles. The quantitative estimate of drug-likeness (QED) is 0.304. The Labute approximate surface area is 222 Å². The number of hydrogen-bond acceptors (Lipinski definition) is 9. The molecular weight excluding hydrogens is 491 g/mol. The van der Waals surface area contributed by atoms with E-state index in [-0.39, 0.29) is 32.1 Å². The zero-order chi connectivity index (χ0) is 27.5. The highest BCUT2D eigenvalue weighted by Gasteiger charge is 2.41. The van der Waals surface area contributed by atoms with Crippen molar-refractivity contribution in [1.82, 2.24) is 20.6 Å². The van der Waals surface area contributed by atoms with E-state index in [1.165, 1.54) is 25.7 Å². The molecule has 0 aliphatic carbocycles. The third-order valence-corrected chi connectivity index (χ3v) is 6.06. The lowest BCUT2D eigenvalue weighted by Crippen LogP contribution is -2.53. The van der Waals surface area contributed by atoms with Crippen LogP contribution in [-0.4, -0.2) is 73.0 Å². The topological polar surface area (TPSA) is 146 Å². The van der Waals surface area contributed by atoms with E-state index in [1.54, 1.807) is 0 Å². The summed E-state index contributed by atoms with van der Waals surface area (Å²) in [6.45, 7) is 4.20. The van der Waals surface area contributed by atoms with E-state index < -0.39 is 47.8 Å². The Bertz CT molecular complexity index is 1090. The number of carbonyl (C=O) groups excluding carboxylic acids is 4. The lowest BCUT2D eigenvalue weighted by molar-refractivity contribution is -0.156. The molecule has 0 bridgehead atoms. The van der Waals surface area contributed by atoms with E-state index in [9.17, 15) is 19.2 Å². The van der Waals surface area contributed by atoms with Crippen LogP contribution in [0.5, 0.6) is 0 Å². The average Bonchev–Trinajstić information content (AvgIpc) is 3.41. The van der Waals surface area contributed by atoms with Gasteiger partial charge in [0.25, 0.3) is 5.91 Å². The molecule has 1 aromatic heterocycles. The molecular formula is C26H33BN4O7. The molecule has 2 aromatic rings. The van der Waals surface area contributed by atoms with Gasteiger partial charge in [-0.05, 0) is 24.3 Å². The fraction of sp³-hybridized carbons (Fsp3) is 0.462. The van der Waals surface area contributed by atoms with Crippen LogP contribution in [0.2, 0.25) is 0 Å². The first-order valence-electron chi connectivity index (χ1n) is 12.6. The van der Waals surface area contributed by atoms with Crippen LogP contribution in [0.3, 0.4) is 0 Å². The minimum atomic E-state index is -1.05. The zero-order valence-electron chi connectivity index (χ0n) is 21.8. The van der Waals surface area contributed by atoms with Gasteiger partial charge in [0.1, 0.15) is 11.7 Å². The lowest BCUT2D eigenvalue weighted by Gasteiger charge is -2.24. The van der Waals surface area contributed by atoms with Gasteiger partial charge < -0.3 is 24.8 Å². The highest BCUT2D eigenvalue weighted by atomic mass is 16.6. The van der Waals surface area contributed by atoms with E-state index in [1.807, 2.05) is 44.2 Å². The Morgan fingerprint density at radius 2 is 1.87 bits per heavy atom. The van der Waals surface area contributed by atoms with Gasteiger partial charge in [0.05, 0.1) is 19.2 Å². The van der Waals surface area contributed by atoms with Crippen molar-refractivity contribution in [2.45, 2.75) is 51.2 Å². The zero-order valence-corrected chi connectivity index (χ0v) is 21.8. The first-order valence-corrected chi connectivity index (χ1v) is 12.6. The number of amides is 2. The molecule has 0 spiro atoms. The Morgan fingerprint density at radius 1 is 1.11 bits per heavy atom. The van der Waals surface area contributed by atoms with Gasteiger partial charge in [-0.1, -0.05) is 44.2 Å². The fourth-order valence-corrected chi connectivity index (χ4v) is 4.23. The number of aromatic nitrogens is 2.